The van der Waals surface area contributed by atoms with Crippen LogP contribution in [0, 0.1) is 20.8 Å². The van der Waals surface area contributed by atoms with E-state index in [2.05, 4.69) is 4.98 Å². The molecule has 25 heavy (non-hydrogen) atoms. The minimum atomic E-state index is -0.00260. The number of amides is 2. The number of hydrogen-bond acceptors (Lipinski definition) is 3. The van der Waals surface area contributed by atoms with Gasteiger partial charge in [-0.15, -0.1) is 0 Å². The Kier molecular flexibility index (Phi) is 4.83. The Morgan fingerprint density at radius 3 is 1.84 bits per heavy atom. The molecule has 1 aliphatic rings. The lowest BCUT2D eigenvalue weighted by atomic mass is 9.98. The first-order valence-electron chi connectivity index (χ1n) is 8.54. The first-order chi connectivity index (χ1) is 12.0. The van der Waals surface area contributed by atoms with Crippen LogP contribution in [0.1, 0.15) is 37.4 Å². The second kappa shape index (κ2) is 7.05. The lowest BCUT2D eigenvalue weighted by molar-refractivity contribution is 0.0534. The number of piperazine rings is 1. The van der Waals surface area contributed by atoms with Crippen LogP contribution >= 0.6 is 0 Å². The van der Waals surface area contributed by atoms with E-state index in [4.69, 9.17) is 0 Å². The lowest BCUT2D eigenvalue weighted by Gasteiger charge is -2.35. The van der Waals surface area contributed by atoms with Crippen LogP contribution in [0.3, 0.4) is 0 Å². The van der Waals surface area contributed by atoms with Crippen LogP contribution < -0.4 is 0 Å². The minimum absolute atomic E-state index is 0.00260. The molecule has 3 rings (SSSR count). The topological polar surface area (TPSA) is 53.5 Å². The zero-order valence-corrected chi connectivity index (χ0v) is 15.0. The minimum Gasteiger partial charge on any atom is -0.335 e. The summed E-state index contributed by atoms with van der Waals surface area (Å²) in [4.78, 5) is 33.0. The van der Waals surface area contributed by atoms with Gasteiger partial charge in [0.05, 0.1) is 0 Å². The highest BCUT2D eigenvalue weighted by atomic mass is 16.2. The number of aryl methyl sites for hydroxylation is 3. The first kappa shape index (κ1) is 17.1. The number of hydrogen-bond donors (Lipinski definition) is 0. The zero-order chi connectivity index (χ0) is 18.0. The van der Waals surface area contributed by atoms with Crippen LogP contribution in [0.5, 0.6) is 0 Å². The molecule has 1 aliphatic heterocycles. The van der Waals surface area contributed by atoms with E-state index < -0.39 is 0 Å². The van der Waals surface area contributed by atoms with E-state index in [9.17, 15) is 9.59 Å². The van der Waals surface area contributed by atoms with Gasteiger partial charge < -0.3 is 9.80 Å². The Hall–Kier alpha value is -2.69. The van der Waals surface area contributed by atoms with Crippen LogP contribution in [0.4, 0.5) is 0 Å². The van der Waals surface area contributed by atoms with E-state index in [1.807, 2.05) is 37.8 Å². The fourth-order valence-electron chi connectivity index (χ4n) is 3.47. The average molecular weight is 337 g/mol. The van der Waals surface area contributed by atoms with Crippen molar-refractivity contribution >= 4 is 11.8 Å². The Morgan fingerprint density at radius 2 is 1.32 bits per heavy atom. The summed E-state index contributed by atoms with van der Waals surface area (Å²) in [5, 5.41) is 0. The summed E-state index contributed by atoms with van der Waals surface area (Å²) in [5.41, 5.74) is 4.62. The van der Waals surface area contributed by atoms with E-state index in [-0.39, 0.29) is 11.8 Å². The quantitative estimate of drug-likeness (QED) is 0.846. The molecule has 0 saturated carbocycles. The molecule has 5 heteroatoms. The summed E-state index contributed by atoms with van der Waals surface area (Å²) in [6, 6.07) is 7.53. The predicted octanol–water partition coefficient (Wildman–Crippen LogP) is 2.61. The first-order valence-corrected chi connectivity index (χ1v) is 8.54. The molecule has 2 aromatic rings. The van der Waals surface area contributed by atoms with Crippen molar-refractivity contribution < 1.29 is 9.59 Å². The Labute approximate surface area is 148 Å². The maximum absolute atomic E-state index is 12.9. The molecule has 130 valence electrons. The summed E-state index contributed by atoms with van der Waals surface area (Å²) in [7, 11) is 0. The summed E-state index contributed by atoms with van der Waals surface area (Å²) in [6.45, 7) is 8.23. The molecule has 1 aromatic carbocycles. The third-order valence-corrected chi connectivity index (χ3v) is 4.67. The maximum atomic E-state index is 12.9. The SMILES string of the molecule is Cc1cc(C)c(C(=O)N2CCN(C(=O)c3ccncc3)CC2)c(C)c1. The summed E-state index contributed by atoms with van der Waals surface area (Å²) in [6.07, 6.45) is 3.24. The highest BCUT2D eigenvalue weighted by Gasteiger charge is 2.26. The monoisotopic (exact) mass is 337 g/mol. The van der Waals surface area contributed by atoms with Gasteiger partial charge in [0, 0.05) is 49.7 Å². The highest BCUT2D eigenvalue weighted by molar-refractivity contribution is 5.98. The molecule has 0 N–H and O–H groups in total. The van der Waals surface area contributed by atoms with Crippen LogP contribution in [0.25, 0.3) is 0 Å². The Balaban J connectivity index is 1.68. The molecule has 0 spiro atoms. The zero-order valence-electron chi connectivity index (χ0n) is 15.0. The molecule has 0 radical (unpaired) electrons. The normalized spacial score (nSPS) is 14.5. The molecule has 2 heterocycles. The smallest absolute Gasteiger partial charge is 0.254 e. The van der Waals surface area contributed by atoms with Crippen molar-refractivity contribution in [1.29, 1.82) is 0 Å². The Morgan fingerprint density at radius 1 is 0.840 bits per heavy atom. The van der Waals surface area contributed by atoms with E-state index >= 15 is 0 Å². The third-order valence-electron chi connectivity index (χ3n) is 4.67. The molecule has 1 aromatic heterocycles. The maximum Gasteiger partial charge on any atom is 0.254 e. The van der Waals surface area contributed by atoms with E-state index in [1.165, 1.54) is 5.56 Å². The second-order valence-electron chi connectivity index (χ2n) is 6.59. The van der Waals surface area contributed by atoms with Crippen LogP contribution in [-0.4, -0.2) is 52.8 Å². The van der Waals surface area contributed by atoms with Gasteiger partial charge >= 0.3 is 0 Å². The van der Waals surface area contributed by atoms with Gasteiger partial charge in [-0.25, -0.2) is 0 Å². The number of carbonyl (C=O) groups is 2. The van der Waals surface area contributed by atoms with Crippen molar-refractivity contribution in [3.8, 4) is 0 Å². The van der Waals surface area contributed by atoms with Crippen molar-refractivity contribution in [3.63, 3.8) is 0 Å². The molecule has 0 atom stereocenters. The molecular weight excluding hydrogens is 314 g/mol. The number of carbonyl (C=O) groups excluding carboxylic acids is 2. The summed E-state index contributed by atoms with van der Waals surface area (Å²) >= 11 is 0. The standard InChI is InChI=1S/C20H23N3O2/c1-14-12-15(2)18(16(3)13-14)20(25)23-10-8-22(9-11-23)19(24)17-4-6-21-7-5-17/h4-7,12-13H,8-11H2,1-3H3. The van der Waals surface area contributed by atoms with Gasteiger partial charge in [-0.05, 0) is 44.0 Å². The average Bonchev–Trinajstić information content (AvgIpc) is 2.61. The Bertz CT molecular complexity index is 771. The van der Waals surface area contributed by atoms with Gasteiger partial charge in [-0.2, -0.15) is 0 Å². The number of rotatable bonds is 2. The van der Waals surface area contributed by atoms with Crippen LogP contribution in [0.15, 0.2) is 36.7 Å². The number of pyridine rings is 1. The van der Waals surface area contributed by atoms with E-state index in [1.54, 1.807) is 29.4 Å². The van der Waals surface area contributed by atoms with Crippen LogP contribution in [-0.2, 0) is 0 Å². The molecule has 0 bridgehead atoms. The fraction of sp³-hybridized carbons (Fsp3) is 0.350. The van der Waals surface area contributed by atoms with E-state index in [0.717, 1.165) is 16.7 Å². The van der Waals surface area contributed by atoms with Crippen molar-refractivity contribution in [2.24, 2.45) is 0 Å². The van der Waals surface area contributed by atoms with Crippen molar-refractivity contribution in [2.45, 2.75) is 20.8 Å². The molecule has 1 saturated heterocycles. The van der Waals surface area contributed by atoms with Crippen molar-refractivity contribution in [2.75, 3.05) is 26.2 Å². The fourth-order valence-corrected chi connectivity index (χ4v) is 3.47. The number of aromatic nitrogens is 1. The molecule has 1 fully saturated rings. The lowest BCUT2D eigenvalue weighted by Crippen LogP contribution is -2.50. The predicted molar refractivity (Wildman–Crippen MR) is 96.7 cm³/mol. The molecule has 0 unspecified atom stereocenters. The largest absolute Gasteiger partial charge is 0.335 e. The number of nitrogens with zero attached hydrogens (tertiary/aromatic N) is 3. The van der Waals surface area contributed by atoms with Gasteiger partial charge in [-0.3, -0.25) is 14.6 Å². The molecule has 2 amide bonds. The summed E-state index contributed by atoms with van der Waals surface area (Å²) < 4.78 is 0. The summed E-state index contributed by atoms with van der Waals surface area (Å²) in [5.74, 6) is 0.0585. The van der Waals surface area contributed by atoms with Gasteiger partial charge in [0.2, 0.25) is 0 Å². The van der Waals surface area contributed by atoms with Gasteiger partial charge in [-0.1, -0.05) is 17.7 Å². The van der Waals surface area contributed by atoms with E-state index in [0.29, 0.717) is 31.7 Å². The molecular formula is C20H23N3O2. The van der Waals surface area contributed by atoms with Gasteiger partial charge in [0.15, 0.2) is 0 Å². The van der Waals surface area contributed by atoms with Crippen molar-refractivity contribution in [3.05, 3.63) is 64.5 Å². The number of benzene rings is 1. The molecule has 0 aliphatic carbocycles. The molecule has 5 nitrogen and oxygen atoms in total. The third kappa shape index (κ3) is 3.55. The van der Waals surface area contributed by atoms with Gasteiger partial charge in [0.25, 0.3) is 11.8 Å². The van der Waals surface area contributed by atoms with Gasteiger partial charge in [0.1, 0.15) is 0 Å². The van der Waals surface area contributed by atoms with Crippen LogP contribution in [0.2, 0.25) is 0 Å². The highest BCUT2D eigenvalue weighted by Crippen LogP contribution is 2.19. The van der Waals surface area contributed by atoms with Crippen molar-refractivity contribution in [1.82, 2.24) is 14.8 Å². The second-order valence-corrected chi connectivity index (χ2v) is 6.59.